The van der Waals surface area contributed by atoms with Crippen LogP contribution < -0.4 is 15.5 Å². The molecule has 1 rings (SSSR count). The van der Waals surface area contributed by atoms with Crippen LogP contribution in [0.1, 0.15) is 19.4 Å². The number of nitrogens with one attached hydrogen (secondary N) is 2. The molecule has 0 heterocycles. The molecule has 0 aliphatic carbocycles. The molecule has 1 amide bonds. The van der Waals surface area contributed by atoms with E-state index in [1.54, 1.807) is 7.11 Å². The quantitative estimate of drug-likeness (QED) is 0.640. The Balaban J connectivity index is 2.52. The highest BCUT2D eigenvalue weighted by atomic mass is 16.5. The molecule has 0 unspecified atom stereocenters. The van der Waals surface area contributed by atoms with Gasteiger partial charge in [0.05, 0.1) is 13.2 Å². The van der Waals surface area contributed by atoms with Crippen molar-refractivity contribution in [2.75, 3.05) is 44.8 Å². The van der Waals surface area contributed by atoms with E-state index in [0.29, 0.717) is 19.7 Å². The largest absolute Gasteiger partial charge is 0.383 e. The molecule has 5 heteroatoms. The van der Waals surface area contributed by atoms with Crippen molar-refractivity contribution in [1.82, 2.24) is 10.6 Å². The van der Waals surface area contributed by atoms with Crippen molar-refractivity contribution in [2.45, 2.75) is 20.4 Å². The maximum Gasteiger partial charge on any atom is 0.239 e. The molecule has 2 N–H and O–H groups in total. The van der Waals surface area contributed by atoms with E-state index in [9.17, 15) is 4.79 Å². The van der Waals surface area contributed by atoms with Crippen LogP contribution in [0.5, 0.6) is 0 Å². The minimum Gasteiger partial charge on any atom is -0.383 e. The smallest absolute Gasteiger partial charge is 0.239 e. The number of benzene rings is 1. The lowest BCUT2D eigenvalue weighted by molar-refractivity contribution is -0.119. The molecule has 0 spiro atoms. The Kier molecular flexibility index (Phi) is 8.47. The van der Waals surface area contributed by atoms with Gasteiger partial charge in [-0.25, -0.2) is 0 Å². The van der Waals surface area contributed by atoms with Crippen LogP contribution in [-0.4, -0.2) is 45.8 Å². The summed E-state index contributed by atoms with van der Waals surface area (Å²) in [6, 6.07) is 8.32. The fraction of sp³-hybridized carbons (Fsp3) is 0.562. The number of methoxy groups -OCH3 is 1. The van der Waals surface area contributed by atoms with Crippen LogP contribution in [-0.2, 0) is 16.1 Å². The van der Waals surface area contributed by atoms with Gasteiger partial charge >= 0.3 is 0 Å². The number of rotatable bonds is 10. The Bertz CT molecular complexity index is 406. The van der Waals surface area contributed by atoms with Gasteiger partial charge in [0.1, 0.15) is 0 Å². The van der Waals surface area contributed by atoms with E-state index >= 15 is 0 Å². The van der Waals surface area contributed by atoms with Crippen molar-refractivity contribution in [2.24, 2.45) is 0 Å². The molecule has 0 aliphatic rings. The molecule has 0 aromatic heterocycles. The van der Waals surface area contributed by atoms with Crippen LogP contribution >= 0.6 is 0 Å². The molecular formula is C16H27N3O2. The average molecular weight is 293 g/mol. The van der Waals surface area contributed by atoms with E-state index in [2.05, 4.69) is 46.7 Å². The third-order valence-electron chi connectivity index (χ3n) is 3.20. The average Bonchev–Trinajstić information content (AvgIpc) is 2.50. The SMILES string of the molecule is CCNC(=O)CN(CC)c1ccc(CNCCOC)cc1. The first kappa shape index (κ1) is 17.5. The van der Waals surface area contributed by atoms with Gasteiger partial charge in [0.25, 0.3) is 0 Å². The lowest BCUT2D eigenvalue weighted by atomic mass is 10.2. The van der Waals surface area contributed by atoms with Crippen molar-refractivity contribution < 1.29 is 9.53 Å². The molecule has 0 radical (unpaired) electrons. The molecule has 21 heavy (non-hydrogen) atoms. The Morgan fingerprint density at radius 2 is 1.95 bits per heavy atom. The molecule has 0 saturated heterocycles. The van der Waals surface area contributed by atoms with Crippen molar-refractivity contribution in [3.8, 4) is 0 Å². The second-order valence-electron chi connectivity index (χ2n) is 4.80. The number of likely N-dealkylation sites (N-methyl/N-ethyl adjacent to an activating group) is 2. The summed E-state index contributed by atoms with van der Waals surface area (Å²) in [5, 5.41) is 6.14. The molecule has 0 saturated carbocycles. The number of anilines is 1. The topological polar surface area (TPSA) is 53.6 Å². The monoisotopic (exact) mass is 293 g/mol. The van der Waals surface area contributed by atoms with Crippen LogP contribution in [0.3, 0.4) is 0 Å². The highest BCUT2D eigenvalue weighted by Gasteiger charge is 2.09. The first-order valence-corrected chi connectivity index (χ1v) is 7.51. The van der Waals surface area contributed by atoms with Gasteiger partial charge in [-0.3, -0.25) is 4.79 Å². The van der Waals surface area contributed by atoms with Crippen molar-refractivity contribution >= 4 is 11.6 Å². The number of carbonyl (C=O) groups excluding carboxylic acids is 1. The van der Waals surface area contributed by atoms with Gasteiger partial charge in [0.15, 0.2) is 0 Å². The van der Waals surface area contributed by atoms with Crippen LogP contribution in [0.25, 0.3) is 0 Å². The number of amides is 1. The van der Waals surface area contributed by atoms with E-state index in [1.807, 2.05) is 6.92 Å². The first-order valence-electron chi connectivity index (χ1n) is 7.51. The summed E-state index contributed by atoms with van der Waals surface area (Å²) >= 11 is 0. The van der Waals surface area contributed by atoms with Crippen LogP contribution in [0.2, 0.25) is 0 Å². The van der Waals surface area contributed by atoms with Gasteiger partial charge in [-0.2, -0.15) is 0 Å². The lowest BCUT2D eigenvalue weighted by Crippen LogP contribution is -2.37. The number of nitrogens with zero attached hydrogens (tertiary/aromatic N) is 1. The maximum atomic E-state index is 11.7. The molecule has 0 atom stereocenters. The number of carbonyl (C=O) groups is 1. The molecule has 118 valence electrons. The molecule has 1 aromatic rings. The predicted molar refractivity (Wildman–Crippen MR) is 86.6 cm³/mol. The summed E-state index contributed by atoms with van der Waals surface area (Å²) in [6.07, 6.45) is 0. The third-order valence-corrected chi connectivity index (χ3v) is 3.20. The van der Waals surface area contributed by atoms with E-state index in [-0.39, 0.29) is 5.91 Å². The highest BCUT2D eigenvalue weighted by Crippen LogP contribution is 2.14. The Labute approximate surface area is 127 Å². The van der Waals surface area contributed by atoms with Crippen molar-refractivity contribution in [3.05, 3.63) is 29.8 Å². The summed E-state index contributed by atoms with van der Waals surface area (Å²) < 4.78 is 4.99. The van der Waals surface area contributed by atoms with Gasteiger partial charge in [0, 0.05) is 39.0 Å². The van der Waals surface area contributed by atoms with E-state index < -0.39 is 0 Å². The minimum absolute atomic E-state index is 0.0599. The molecular weight excluding hydrogens is 266 g/mol. The maximum absolute atomic E-state index is 11.7. The van der Waals surface area contributed by atoms with E-state index in [4.69, 9.17) is 4.74 Å². The highest BCUT2D eigenvalue weighted by molar-refractivity contribution is 5.81. The summed E-state index contributed by atoms with van der Waals surface area (Å²) in [4.78, 5) is 13.7. The fourth-order valence-corrected chi connectivity index (χ4v) is 2.04. The van der Waals surface area contributed by atoms with Gasteiger partial charge in [0.2, 0.25) is 5.91 Å². The standard InChI is InChI=1S/C16H27N3O2/c1-4-18-16(20)13-19(5-2)15-8-6-14(7-9-15)12-17-10-11-21-3/h6-9,17H,4-5,10-13H2,1-3H3,(H,18,20). The van der Waals surface area contributed by atoms with E-state index in [1.165, 1.54) is 5.56 Å². The van der Waals surface area contributed by atoms with Gasteiger partial charge in [-0.05, 0) is 31.5 Å². The summed E-state index contributed by atoms with van der Waals surface area (Å²) in [6.45, 7) is 8.25. The zero-order valence-electron chi connectivity index (χ0n) is 13.3. The summed E-state index contributed by atoms with van der Waals surface area (Å²) in [5.41, 5.74) is 2.30. The lowest BCUT2D eigenvalue weighted by Gasteiger charge is -2.22. The molecule has 5 nitrogen and oxygen atoms in total. The second kappa shape index (κ2) is 10.2. The minimum atomic E-state index is 0.0599. The van der Waals surface area contributed by atoms with E-state index in [0.717, 1.165) is 25.3 Å². The normalized spacial score (nSPS) is 10.4. The number of hydrogen-bond donors (Lipinski definition) is 2. The van der Waals surface area contributed by atoms with Crippen molar-refractivity contribution in [3.63, 3.8) is 0 Å². The molecule has 0 fully saturated rings. The Hall–Kier alpha value is -1.59. The first-order chi connectivity index (χ1) is 10.2. The number of hydrogen-bond acceptors (Lipinski definition) is 4. The number of ether oxygens (including phenoxy) is 1. The van der Waals surface area contributed by atoms with Crippen molar-refractivity contribution in [1.29, 1.82) is 0 Å². The summed E-state index contributed by atoms with van der Waals surface area (Å²) in [5.74, 6) is 0.0599. The van der Waals surface area contributed by atoms with Gasteiger partial charge in [-0.15, -0.1) is 0 Å². The predicted octanol–water partition coefficient (Wildman–Crippen LogP) is 1.39. The van der Waals surface area contributed by atoms with Gasteiger partial charge < -0.3 is 20.3 Å². The molecule has 0 aliphatic heterocycles. The Morgan fingerprint density at radius 3 is 2.52 bits per heavy atom. The summed E-state index contributed by atoms with van der Waals surface area (Å²) in [7, 11) is 1.70. The van der Waals surface area contributed by atoms with Crippen LogP contribution in [0.4, 0.5) is 5.69 Å². The molecule has 0 bridgehead atoms. The third kappa shape index (κ3) is 6.60. The van der Waals surface area contributed by atoms with Crippen LogP contribution in [0.15, 0.2) is 24.3 Å². The fourth-order valence-electron chi connectivity index (χ4n) is 2.04. The van der Waals surface area contributed by atoms with Crippen LogP contribution in [0, 0.1) is 0 Å². The zero-order chi connectivity index (χ0) is 15.5. The zero-order valence-corrected chi connectivity index (χ0v) is 13.3. The molecule has 1 aromatic carbocycles. The second-order valence-corrected chi connectivity index (χ2v) is 4.80. The van der Waals surface area contributed by atoms with Gasteiger partial charge in [-0.1, -0.05) is 12.1 Å². The Morgan fingerprint density at radius 1 is 1.24 bits per heavy atom.